The van der Waals surface area contributed by atoms with Crippen LogP contribution in [-0.2, 0) is 0 Å². The van der Waals surface area contributed by atoms with Gasteiger partial charge in [0.1, 0.15) is 16.2 Å². The maximum atomic E-state index is 13.6. The number of nitrogens with zero attached hydrogens (tertiary/aromatic N) is 1. The summed E-state index contributed by atoms with van der Waals surface area (Å²) in [5.74, 6) is -2.52. The molecule has 1 heterocycles. The number of rotatable bonds is 2. The van der Waals surface area contributed by atoms with Gasteiger partial charge in [-0.2, -0.15) is 0 Å². The SMILES string of the molecule is Cc1nc(Br)ccc1NC(=O)c1cc(F)c(Cl)cc1F. The highest BCUT2D eigenvalue weighted by atomic mass is 79.9. The lowest BCUT2D eigenvalue weighted by molar-refractivity contribution is 0.102. The van der Waals surface area contributed by atoms with Crippen molar-refractivity contribution in [3.63, 3.8) is 0 Å². The van der Waals surface area contributed by atoms with E-state index < -0.39 is 23.1 Å². The first-order valence-corrected chi connectivity index (χ1v) is 6.64. The van der Waals surface area contributed by atoms with Gasteiger partial charge >= 0.3 is 0 Å². The van der Waals surface area contributed by atoms with Crippen molar-refractivity contribution in [2.24, 2.45) is 0 Å². The van der Waals surface area contributed by atoms with Crippen LogP contribution in [0.2, 0.25) is 5.02 Å². The van der Waals surface area contributed by atoms with Gasteiger partial charge in [-0.3, -0.25) is 4.79 Å². The van der Waals surface area contributed by atoms with E-state index in [0.29, 0.717) is 16.0 Å². The zero-order valence-corrected chi connectivity index (χ0v) is 12.5. The number of hydrogen-bond acceptors (Lipinski definition) is 2. The summed E-state index contributed by atoms with van der Waals surface area (Å²) in [5, 5.41) is 2.09. The molecule has 0 aliphatic rings. The average Bonchev–Trinajstić information content (AvgIpc) is 2.37. The Labute approximate surface area is 127 Å². The van der Waals surface area contributed by atoms with E-state index in [1.165, 1.54) is 0 Å². The fourth-order valence-electron chi connectivity index (χ4n) is 1.55. The molecule has 0 spiro atoms. The summed E-state index contributed by atoms with van der Waals surface area (Å²) in [6.45, 7) is 1.68. The maximum Gasteiger partial charge on any atom is 0.258 e. The van der Waals surface area contributed by atoms with Crippen LogP contribution in [0.5, 0.6) is 0 Å². The second-order valence-electron chi connectivity index (χ2n) is 3.97. The van der Waals surface area contributed by atoms with Crippen molar-refractivity contribution in [2.45, 2.75) is 6.92 Å². The Morgan fingerprint density at radius 1 is 1.30 bits per heavy atom. The number of aryl methyl sites for hydroxylation is 1. The third-order valence-corrected chi connectivity index (χ3v) is 3.29. The first kappa shape index (κ1) is 14.9. The summed E-state index contributed by atoms with van der Waals surface area (Å²) in [6.07, 6.45) is 0. The maximum absolute atomic E-state index is 13.6. The zero-order chi connectivity index (χ0) is 14.9. The Morgan fingerprint density at radius 3 is 2.65 bits per heavy atom. The van der Waals surface area contributed by atoms with Gasteiger partial charge in [0.25, 0.3) is 5.91 Å². The molecule has 7 heteroatoms. The predicted molar refractivity (Wildman–Crippen MR) is 76.0 cm³/mol. The van der Waals surface area contributed by atoms with Crippen molar-refractivity contribution in [3.05, 3.63) is 56.8 Å². The molecule has 2 rings (SSSR count). The van der Waals surface area contributed by atoms with Crippen LogP contribution in [0.1, 0.15) is 16.1 Å². The smallest absolute Gasteiger partial charge is 0.258 e. The molecule has 0 saturated carbocycles. The van der Waals surface area contributed by atoms with E-state index in [1.54, 1.807) is 19.1 Å². The number of hydrogen-bond donors (Lipinski definition) is 1. The van der Waals surface area contributed by atoms with Crippen molar-refractivity contribution >= 4 is 39.1 Å². The second-order valence-corrected chi connectivity index (χ2v) is 5.19. The molecule has 0 saturated heterocycles. The van der Waals surface area contributed by atoms with Gasteiger partial charge < -0.3 is 5.32 Å². The molecule has 0 aliphatic heterocycles. The second kappa shape index (κ2) is 5.85. The lowest BCUT2D eigenvalue weighted by Gasteiger charge is -2.09. The Morgan fingerprint density at radius 2 is 2.00 bits per heavy atom. The average molecular weight is 362 g/mol. The Bertz CT molecular complexity index is 694. The molecule has 0 fully saturated rings. The predicted octanol–water partition coefficient (Wildman–Crippen LogP) is 4.34. The highest BCUT2D eigenvalue weighted by molar-refractivity contribution is 9.10. The number of benzene rings is 1. The number of amides is 1. The van der Waals surface area contributed by atoms with E-state index in [1.807, 2.05) is 0 Å². The monoisotopic (exact) mass is 360 g/mol. The molecule has 3 nitrogen and oxygen atoms in total. The topological polar surface area (TPSA) is 42.0 Å². The van der Waals surface area contributed by atoms with Crippen LogP contribution in [-0.4, -0.2) is 10.9 Å². The fourth-order valence-corrected chi connectivity index (χ4v) is 2.10. The number of halogens is 4. The van der Waals surface area contributed by atoms with Crippen molar-refractivity contribution in [2.75, 3.05) is 5.32 Å². The van der Waals surface area contributed by atoms with Gasteiger partial charge in [-0.05, 0) is 47.1 Å². The Hall–Kier alpha value is -1.53. The summed E-state index contributed by atoms with van der Waals surface area (Å²) in [4.78, 5) is 16.0. The van der Waals surface area contributed by atoms with Crippen molar-refractivity contribution < 1.29 is 13.6 Å². The van der Waals surface area contributed by atoms with Crippen molar-refractivity contribution in [3.8, 4) is 0 Å². The summed E-state index contributed by atoms with van der Waals surface area (Å²) in [5.41, 5.74) is 0.532. The fraction of sp³-hybridized carbons (Fsp3) is 0.0769. The molecule has 1 amide bonds. The zero-order valence-electron chi connectivity index (χ0n) is 10.2. The first-order valence-electron chi connectivity index (χ1n) is 5.47. The minimum absolute atomic E-state index is 0.375. The molecule has 20 heavy (non-hydrogen) atoms. The lowest BCUT2D eigenvalue weighted by atomic mass is 10.2. The Kier molecular flexibility index (Phi) is 4.35. The van der Waals surface area contributed by atoms with E-state index in [9.17, 15) is 13.6 Å². The van der Waals surface area contributed by atoms with Crippen LogP contribution in [0.4, 0.5) is 14.5 Å². The van der Waals surface area contributed by atoms with Gasteiger partial charge in [0.2, 0.25) is 0 Å². The van der Waals surface area contributed by atoms with E-state index in [0.717, 1.165) is 12.1 Å². The summed E-state index contributed by atoms with van der Waals surface area (Å²) in [7, 11) is 0. The van der Waals surface area contributed by atoms with Gasteiger partial charge in [-0.1, -0.05) is 11.6 Å². The molecule has 2 aromatic rings. The number of anilines is 1. The number of pyridine rings is 1. The molecule has 0 radical (unpaired) electrons. The summed E-state index contributed by atoms with van der Waals surface area (Å²) >= 11 is 8.62. The molecule has 0 unspecified atom stereocenters. The molecule has 104 valence electrons. The van der Waals surface area contributed by atoms with Gasteiger partial charge in [0.15, 0.2) is 0 Å². The van der Waals surface area contributed by atoms with E-state index in [-0.39, 0.29) is 5.02 Å². The van der Waals surface area contributed by atoms with Gasteiger partial charge in [0.05, 0.1) is 22.0 Å². The highest BCUT2D eigenvalue weighted by Gasteiger charge is 2.16. The molecule has 0 atom stereocenters. The molecular formula is C13H8BrClF2N2O. The van der Waals surface area contributed by atoms with Crippen LogP contribution in [0.15, 0.2) is 28.9 Å². The lowest BCUT2D eigenvalue weighted by Crippen LogP contribution is -2.15. The molecule has 1 aromatic heterocycles. The van der Waals surface area contributed by atoms with Crippen LogP contribution >= 0.6 is 27.5 Å². The van der Waals surface area contributed by atoms with Gasteiger partial charge in [-0.15, -0.1) is 0 Å². The molecule has 1 N–H and O–H groups in total. The van der Waals surface area contributed by atoms with Crippen LogP contribution in [0, 0.1) is 18.6 Å². The molecule has 0 bridgehead atoms. The number of carbonyl (C=O) groups excluding carboxylic acids is 1. The first-order chi connectivity index (χ1) is 9.38. The summed E-state index contributed by atoms with van der Waals surface area (Å²) in [6, 6.07) is 4.75. The molecular weight excluding hydrogens is 354 g/mol. The normalized spacial score (nSPS) is 10.4. The highest BCUT2D eigenvalue weighted by Crippen LogP contribution is 2.21. The Balaban J connectivity index is 2.31. The largest absolute Gasteiger partial charge is 0.320 e. The third kappa shape index (κ3) is 3.13. The number of carbonyl (C=O) groups is 1. The standard InChI is InChI=1S/C13H8BrClF2N2O/c1-6-11(2-3-12(14)18-6)19-13(20)7-4-10(17)8(15)5-9(7)16/h2-5H,1H3,(H,19,20). The summed E-state index contributed by atoms with van der Waals surface area (Å²) < 4.78 is 27.5. The third-order valence-electron chi connectivity index (χ3n) is 2.55. The minimum Gasteiger partial charge on any atom is -0.320 e. The quantitative estimate of drug-likeness (QED) is 0.639. The minimum atomic E-state index is -0.892. The van der Waals surface area contributed by atoms with Gasteiger partial charge in [0, 0.05) is 0 Å². The number of nitrogens with one attached hydrogen (secondary N) is 1. The van der Waals surface area contributed by atoms with Crippen LogP contribution in [0.25, 0.3) is 0 Å². The van der Waals surface area contributed by atoms with E-state index in [2.05, 4.69) is 26.2 Å². The van der Waals surface area contributed by atoms with Crippen LogP contribution < -0.4 is 5.32 Å². The van der Waals surface area contributed by atoms with Crippen molar-refractivity contribution in [1.29, 1.82) is 0 Å². The number of aromatic nitrogens is 1. The van der Waals surface area contributed by atoms with E-state index in [4.69, 9.17) is 11.6 Å². The van der Waals surface area contributed by atoms with Crippen LogP contribution in [0.3, 0.4) is 0 Å². The molecule has 1 aromatic carbocycles. The molecule has 0 aliphatic carbocycles. The van der Waals surface area contributed by atoms with Crippen molar-refractivity contribution in [1.82, 2.24) is 4.98 Å². The van der Waals surface area contributed by atoms with E-state index >= 15 is 0 Å². The van der Waals surface area contributed by atoms with Gasteiger partial charge in [-0.25, -0.2) is 13.8 Å².